The van der Waals surface area contributed by atoms with Crippen molar-refractivity contribution in [1.82, 2.24) is 9.55 Å². The molecule has 90 valence electrons. The van der Waals surface area contributed by atoms with Crippen LogP contribution in [-0.2, 0) is 5.54 Å². The molecule has 2 nitrogen and oxygen atoms in total. The molecule has 1 aliphatic rings. The number of rotatable bonds is 2. The summed E-state index contributed by atoms with van der Waals surface area (Å²) in [6.07, 6.45) is 4.86. The van der Waals surface area contributed by atoms with E-state index in [1.165, 1.54) is 19.3 Å². The molecule has 17 heavy (non-hydrogen) atoms. The Balaban J connectivity index is 2.33. The average Bonchev–Trinajstić information content (AvgIpc) is 2.58. The SMILES string of the molecule is CCC1(n2c(=S)[nH]c3c(Cl)cccc32)CCC1. The number of fused-ring (bicyclic) bond motifs is 1. The number of nitrogens with zero attached hydrogens (tertiary/aromatic N) is 1. The molecule has 0 aliphatic heterocycles. The first-order valence-electron chi connectivity index (χ1n) is 6.08. The van der Waals surface area contributed by atoms with Gasteiger partial charge in [-0.2, -0.15) is 0 Å². The van der Waals surface area contributed by atoms with Gasteiger partial charge in [-0.15, -0.1) is 0 Å². The zero-order chi connectivity index (χ0) is 12.0. The molecule has 0 bridgehead atoms. The second kappa shape index (κ2) is 3.85. The maximum absolute atomic E-state index is 6.21. The van der Waals surface area contributed by atoms with E-state index in [1.54, 1.807) is 0 Å². The van der Waals surface area contributed by atoms with E-state index in [0.29, 0.717) is 0 Å². The highest BCUT2D eigenvalue weighted by Gasteiger charge is 2.38. The highest BCUT2D eigenvalue weighted by molar-refractivity contribution is 7.71. The van der Waals surface area contributed by atoms with Crippen LogP contribution in [0.2, 0.25) is 5.02 Å². The van der Waals surface area contributed by atoms with E-state index in [1.807, 2.05) is 12.1 Å². The Morgan fingerprint density at radius 2 is 2.24 bits per heavy atom. The van der Waals surface area contributed by atoms with Crippen LogP contribution in [0.1, 0.15) is 32.6 Å². The molecule has 1 aromatic heterocycles. The molecule has 0 atom stereocenters. The normalized spacial score (nSPS) is 18.2. The third kappa shape index (κ3) is 1.49. The predicted molar refractivity (Wildman–Crippen MR) is 74.2 cm³/mol. The Bertz CT molecular complexity index is 616. The summed E-state index contributed by atoms with van der Waals surface area (Å²) in [7, 11) is 0. The molecule has 1 aromatic carbocycles. The zero-order valence-corrected chi connectivity index (χ0v) is 11.4. The minimum absolute atomic E-state index is 0.222. The summed E-state index contributed by atoms with van der Waals surface area (Å²) in [5.41, 5.74) is 2.34. The maximum Gasteiger partial charge on any atom is 0.178 e. The van der Waals surface area contributed by atoms with Crippen LogP contribution in [0, 0.1) is 4.77 Å². The summed E-state index contributed by atoms with van der Waals surface area (Å²) < 4.78 is 3.09. The van der Waals surface area contributed by atoms with Crippen molar-refractivity contribution in [2.45, 2.75) is 38.1 Å². The van der Waals surface area contributed by atoms with E-state index in [0.717, 1.165) is 27.2 Å². The van der Waals surface area contributed by atoms with Crippen LogP contribution >= 0.6 is 23.8 Å². The first-order valence-corrected chi connectivity index (χ1v) is 6.86. The summed E-state index contributed by atoms with van der Waals surface area (Å²) in [4.78, 5) is 3.25. The Kier molecular flexibility index (Phi) is 2.56. The fraction of sp³-hybridized carbons (Fsp3) is 0.462. The maximum atomic E-state index is 6.21. The Labute approximate surface area is 111 Å². The topological polar surface area (TPSA) is 20.7 Å². The number of benzene rings is 1. The molecule has 1 heterocycles. The largest absolute Gasteiger partial charge is 0.329 e. The highest BCUT2D eigenvalue weighted by Crippen LogP contribution is 2.44. The molecule has 3 rings (SSSR count). The van der Waals surface area contributed by atoms with E-state index in [2.05, 4.69) is 22.5 Å². The Morgan fingerprint density at radius 3 is 2.82 bits per heavy atom. The van der Waals surface area contributed by atoms with Crippen LogP contribution in [0.3, 0.4) is 0 Å². The van der Waals surface area contributed by atoms with Gasteiger partial charge in [-0.3, -0.25) is 0 Å². The van der Waals surface area contributed by atoms with Gasteiger partial charge in [0.15, 0.2) is 4.77 Å². The molecule has 1 N–H and O–H groups in total. The van der Waals surface area contributed by atoms with Crippen molar-refractivity contribution in [2.75, 3.05) is 0 Å². The molecule has 0 spiro atoms. The quantitative estimate of drug-likeness (QED) is 0.785. The number of nitrogens with one attached hydrogen (secondary N) is 1. The van der Waals surface area contributed by atoms with Crippen molar-refractivity contribution < 1.29 is 0 Å². The molecule has 0 radical (unpaired) electrons. The number of hydrogen-bond donors (Lipinski definition) is 1. The average molecular weight is 267 g/mol. The standard InChI is InChI=1S/C13H15ClN2S/c1-2-13(7-4-8-13)16-10-6-3-5-9(14)11(10)15-12(16)17/h3,5-6H,2,4,7-8H2,1H3,(H,15,17). The van der Waals surface area contributed by atoms with Crippen molar-refractivity contribution >= 4 is 34.9 Å². The number of H-pyrrole nitrogens is 1. The minimum Gasteiger partial charge on any atom is -0.329 e. The molecule has 0 unspecified atom stereocenters. The van der Waals surface area contributed by atoms with Crippen molar-refractivity contribution in [3.63, 3.8) is 0 Å². The molecular formula is C13H15ClN2S. The summed E-state index contributed by atoms with van der Waals surface area (Å²) in [6, 6.07) is 5.99. The lowest BCUT2D eigenvalue weighted by atomic mass is 9.74. The number of aromatic amines is 1. The minimum atomic E-state index is 0.222. The summed E-state index contributed by atoms with van der Waals surface area (Å²) in [5, 5.41) is 0.748. The summed E-state index contributed by atoms with van der Waals surface area (Å²) in [6.45, 7) is 2.24. The van der Waals surface area contributed by atoms with Gasteiger partial charge in [0.05, 0.1) is 16.1 Å². The molecule has 1 aliphatic carbocycles. The highest BCUT2D eigenvalue weighted by atomic mass is 35.5. The van der Waals surface area contributed by atoms with E-state index in [-0.39, 0.29) is 5.54 Å². The molecule has 0 amide bonds. The molecule has 2 aromatic rings. The number of imidazole rings is 1. The first kappa shape index (κ1) is 11.3. The predicted octanol–water partition coefficient (Wildman–Crippen LogP) is 4.64. The van der Waals surface area contributed by atoms with Gasteiger partial charge in [-0.05, 0) is 50.0 Å². The number of para-hydroxylation sites is 1. The van der Waals surface area contributed by atoms with E-state index < -0.39 is 0 Å². The third-order valence-electron chi connectivity index (χ3n) is 4.08. The van der Waals surface area contributed by atoms with Crippen molar-refractivity contribution in [1.29, 1.82) is 0 Å². The number of hydrogen-bond acceptors (Lipinski definition) is 1. The molecule has 0 saturated heterocycles. The van der Waals surface area contributed by atoms with Gasteiger partial charge >= 0.3 is 0 Å². The lowest BCUT2D eigenvalue weighted by Crippen LogP contribution is -2.39. The third-order valence-corrected chi connectivity index (χ3v) is 4.68. The van der Waals surface area contributed by atoms with Crippen LogP contribution < -0.4 is 0 Å². The van der Waals surface area contributed by atoms with Crippen LogP contribution in [-0.4, -0.2) is 9.55 Å². The van der Waals surface area contributed by atoms with Gasteiger partial charge in [0.25, 0.3) is 0 Å². The van der Waals surface area contributed by atoms with Crippen molar-refractivity contribution in [2.24, 2.45) is 0 Å². The van der Waals surface area contributed by atoms with E-state index in [4.69, 9.17) is 23.8 Å². The number of halogens is 1. The molecule has 4 heteroatoms. The van der Waals surface area contributed by atoms with Crippen molar-refractivity contribution in [3.8, 4) is 0 Å². The number of aromatic nitrogens is 2. The monoisotopic (exact) mass is 266 g/mol. The van der Waals surface area contributed by atoms with Crippen LogP contribution in [0.4, 0.5) is 0 Å². The van der Waals surface area contributed by atoms with E-state index >= 15 is 0 Å². The fourth-order valence-electron chi connectivity index (χ4n) is 2.89. The lowest BCUT2D eigenvalue weighted by Gasteiger charge is -2.43. The van der Waals surface area contributed by atoms with Gasteiger partial charge in [0.1, 0.15) is 0 Å². The van der Waals surface area contributed by atoms with Gasteiger partial charge in [0.2, 0.25) is 0 Å². The zero-order valence-electron chi connectivity index (χ0n) is 9.79. The second-order valence-corrected chi connectivity index (χ2v) is 5.62. The Morgan fingerprint density at radius 1 is 1.47 bits per heavy atom. The van der Waals surface area contributed by atoms with Gasteiger partial charge in [-0.1, -0.05) is 24.6 Å². The van der Waals surface area contributed by atoms with Gasteiger partial charge < -0.3 is 9.55 Å². The summed E-state index contributed by atoms with van der Waals surface area (Å²) >= 11 is 11.7. The van der Waals surface area contributed by atoms with Gasteiger partial charge in [-0.25, -0.2) is 0 Å². The fourth-order valence-corrected chi connectivity index (χ4v) is 3.50. The van der Waals surface area contributed by atoms with Crippen LogP contribution in [0.5, 0.6) is 0 Å². The molecular weight excluding hydrogens is 252 g/mol. The smallest absolute Gasteiger partial charge is 0.178 e. The van der Waals surface area contributed by atoms with Crippen LogP contribution in [0.25, 0.3) is 11.0 Å². The van der Waals surface area contributed by atoms with E-state index in [9.17, 15) is 0 Å². The van der Waals surface area contributed by atoms with Gasteiger partial charge in [0, 0.05) is 5.54 Å². The molecule has 1 fully saturated rings. The Hall–Kier alpha value is -0.800. The summed E-state index contributed by atoms with van der Waals surface area (Å²) in [5.74, 6) is 0. The lowest BCUT2D eigenvalue weighted by molar-refractivity contribution is 0.140. The first-order chi connectivity index (χ1) is 8.18. The van der Waals surface area contributed by atoms with Crippen LogP contribution in [0.15, 0.2) is 18.2 Å². The molecule has 1 saturated carbocycles. The second-order valence-electron chi connectivity index (χ2n) is 4.83. The van der Waals surface area contributed by atoms with Crippen molar-refractivity contribution in [3.05, 3.63) is 28.0 Å².